The van der Waals surface area contributed by atoms with Gasteiger partial charge in [-0.2, -0.15) is 0 Å². The zero-order chi connectivity index (χ0) is 19.6. The van der Waals surface area contributed by atoms with Gasteiger partial charge >= 0.3 is 0 Å². The van der Waals surface area contributed by atoms with Crippen molar-refractivity contribution in [3.8, 4) is 0 Å². The van der Waals surface area contributed by atoms with Gasteiger partial charge in [-0.1, -0.05) is 24.6 Å². The van der Waals surface area contributed by atoms with Crippen molar-refractivity contribution in [3.05, 3.63) is 29.8 Å². The summed E-state index contributed by atoms with van der Waals surface area (Å²) in [6.07, 6.45) is 6.31. The topological polar surface area (TPSA) is 60.0 Å². The number of fused-ring (bicyclic) bond motifs is 1. The van der Waals surface area contributed by atoms with Gasteiger partial charge in [0.25, 0.3) is 0 Å². The number of amides is 1. The van der Waals surface area contributed by atoms with Crippen LogP contribution in [0.5, 0.6) is 0 Å². The molecule has 0 atom stereocenters. The molecule has 1 saturated heterocycles. The number of rotatable bonds is 8. The molecule has 3 rings (SSSR count). The first-order valence-electron chi connectivity index (χ1n) is 10.9. The highest BCUT2D eigenvalue weighted by molar-refractivity contribution is 14.0. The summed E-state index contributed by atoms with van der Waals surface area (Å²) >= 11 is 0. The van der Waals surface area contributed by atoms with E-state index in [1.165, 1.54) is 37.9 Å². The van der Waals surface area contributed by atoms with Gasteiger partial charge in [0, 0.05) is 44.8 Å². The number of piperidine rings is 1. The van der Waals surface area contributed by atoms with Gasteiger partial charge in [0.2, 0.25) is 5.91 Å². The van der Waals surface area contributed by atoms with E-state index < -0.39 is 0 Å². The minimum atomic E-state index is 0. The Morgan fingerprint density at radius 3 is 2.69 bits per heavy atom. The molecule has 1 aromatic carbocycles. The molecule has 0 spiro atoms. The number of hydrogen-bond acceptors (Lipinski definition) is 3. The second-order valence-electron chi connectivity index (χ2n) is 7.62. The van der Waals surface area contributed by atoms with Crippen molar-refractivity contribution < 1.29 is 4.79 Å². The predicted octanol–water partition coefficient (Wildman–Crippen LogP) is 3.01. The van der Waals surface area contributed by atoms with Gasteiger partial charge in [0.15, 0.2) is 5.96 Å². The van der Waals surface area contributed by atoms with Crippen molar-refractivity contribution in [1.29, 1.82) is 0 Å². The Balaban J connectivity index is 0.00000300. The largest absolute Gasteiger partial charge is 0.357 e. The van der Waals surface area contributed by atoms with Crippen LogP contribution in [0, 0.1) is 0 Å². The van der Waals surface area contributed by atoms with E-state index in [9.17, 15) is 4.79 Å². The van der Waals surface area contributed by atoms with E-state index in [-0.39, 0.29) is 29.9 Å². The number of benzene rings is 1. The van der Waals surface area contributed by atoms with Gasteiger partial charge in [-0.05, 0) is 57.3 Å². The molecular formula is C22H36IN5O. The molecule has 0 unspecified atom stereocenters. The third-order valence-corrected chi connectivity index (χ3v) is 5.52. The Labute approximate surface area is 192 Å². The molecule has 6 nitrogen and oxygen atoms in total. The number of nitrogens with zero attached hydrogens (tertiary/aromatic N) is 3. The molecule has 162 valence electrons. The highest BCUT2D eigenvalue weighted by Gasteiger charge is 2.23. The summed E-state index contributed by atoms with van der Waals surface area (Å²) in [5.74, 6) is 1.07. The first-order valence-corrected chi connectivity index (χ1v) is 10.9. The fourth-order valence-electron chi connectivity index (χ4n) is 4.01. The first-order chi connectivity index (χ1) is 13.8. The summed E-state index contributed by atoms with van der Waals surface area (Å²) in [5.41, 5.74) is 2.37. The summed E-state index contributed by atoms with van der Waals surface area (Å²) in [6.45, 7) is 8.82. The summed E-state index contributed by atoms with van der Waals surface area (Å²) in [4.78, 5) is 21.7. The van der Waals surface area contributed by atoms with Crippen LogP contribution in [0.2, 0.25) is 0 Å². The van der Waals surface area contributed by atoms with Crippen LogP contribution in [-0.4, -0.2) is 62.6 Å². The molecule has 1 fully saturated rings. The van der Waals surface area contributed by atoms with E-state index in [0.717, 1.165) is 50.7 Å². The Kier molecular flexibility index (Phi) is 10.8. The monoisotopic (exact) mass is 513 g/mol. The van der Waals surface area contributed by atoms with Crippen molar-refractivity contribution in [3.63, 3.8) is 0 Å². The minimum Gasteiger partial charge on any atom is -0.357 e. The first kappa shape index (κ1) is 23.9. The lowest BCUT2D eigenvalue weighted by Crippen LogP contribution is -2.42. The molecule has 2 N–H and O–H groups in total. The lowest BCUT2D eigenvalue weighted by Gasteiger charge is -2.26. The summed E-state index contributed by atoms with van der Waals surface area (Å²) in [7, 11) is 0. The average molecular weight is 513 g/mol. The summed E-state index contributed by atoms with van der Waals surface area (Å²) in [6, 6.07) is 8.22. The van der Waals surface area contributed by atoms with Gasteiger partial charge in [-0.15, -0.1) is 24.0 Å². The van der Waals surface area contributed by atoms with Crippen LogP contribution in [-0.2, 0) is 11.2 Å². The van der Waals surface area contributed by atoms with Crippen molar-refractivity contribution in [2.45, 2.75) is 45.4 Å². The summed E-state index contributed by atoms with van der Waals surface area (Å²) < 4.78 is 0. The van der Waals surface area contributed by atoms with E-state index in [2.05, 4.69) is 33.5 Å². The second kappa shape index (κ2) is 13.1. The predicted molar refractivity (Wildman–Crippen MR) is 131 cm³/mol. The molecule has 0 bridgehead atoms. The average Bonchev–Trinajstić information content (AvgIpc) is 3.16. The lowest BCUT2D eigenvalue weighted by molar-refractivity contribution is -0.118. The Hall–Kier alpha value is -1.35. The molecule has 2 heterocycles. The third kappa shape index (κ3) is 7.44. The van der Waals surface area contributed by atoms with Crippen LogP contribution in [0.3, 0.4) is 0 Å². The molecule has 29 heavy (non-hydrogen) atoms. The van der Waals surface area contributed by atoms with Crippen LogP contribution in [0.15, 0.2) is 29.3 Å². The fourth-order valence-corrected chi connectivity index (χ4v) is 4.01. The number of carbonyl (C=O) groups excluding carboxylic acids is 1. The molecule has 0 aromatic heterocycles. The fraction of sp³-hybridized carbons (Fsp3) is 0.636. The quantitative estimate of drug-likeness (QED) is 0.243. The number of halogens is 1. The molecule has 0 radical (unpaired) electrons. The number of nitrogens with one attached hydrogen (secondary N) is 2. The molecule has 1 amide bonds. The normalized spacial score (nSPS) is 16.9. The van der Waals surface area contributed by atoms with Gasteiger partial charge in [0.05, 0.1) is 0 Å². The zero-order valence-electron chi connectivity index (χ0n) is 17.7. The van der Waals surface area contributed by atoms with E-state index in [1.807, 2.05) is 23.1 Å². The number of aliphatic imine (C=N–C) groups is 1. The van der Waals surface area contributed by atoms with Crippen LogP contribution in [0.4, 0.5) is 5.69 Å². The highest BCUT2D eigenvalue weighted by atomic mass is 127. The Morgan fingerprint density at radius 2 is 1.90 bits per heavy atom. The lowest BCUT2D eigenvalue weighted by atomic mass is 10.1. The SMILES string of the molecule is CCNC(=NCCCC(=O)N1CCc2ccccc21)NCCN1CCCCC1.I. The minimum absolute atomic E-state index is 0. The van der Waals surface area contributed by atoms with Gasteiger partial charge in [-0.3, -0.25) is 9.79 Å². The molecular weight excluding hydrogens is 477 g/mol. The van der Waals surface area contributed by atoms with Crippen LogP contribution in [0.25, 0.3) is 0 Å². The van der Waals surface area contributed by atoms with Gasteiger partial charge in [0.1, 0.15) is 0 Å². The molecule has 7 heteroatoms. The van der Waals surface area contributed by atoms with Gasteiger partial charge in [-0.25, -0.2) is 0 Å². The molecule has 2 aliphatic rings. The number of hydrogen-bond donors (Lipinski definition) is 2. The number of para-hydroxylation sites is 1. The second-order valence-corrected chi connectivity index (χ2v) is 7.62. The maximum atomic E-state index is 12.6. The van der Waals surface area contributed by atoms with Crippen molar-refractivity contribution in [2.75, 3.05) is 50.7 Å². The van der Waals surface area contributed by atoms with E-state index in [1.54, 1.807) is 0 Å². The maximum Gasteiger partial charge on any atom is 0.227 e. The number of guanidine groups is 1. The number of likely N-dealkylation sites (tertiary alicyclic amines) is 1. The highest BCUT2D eigenvalue weighted by Crippen LogP contribution is 2.27. The zero-order valence-corrected chi connectivity index (χ0v) is 20.0. The van der Waals surface area contributed by atoms with Crippen LogP contribution in [0.1, 0.15) is 44.6 Å². The molecule has 0 saturated carbocycles. The molecule has 0 aliphatic carbocycles. The van der Waals surface area contributed by atoms with E-state index in [4.69, 9.17) is 0 Å². The van der Waals surface area contributed by atoms with E-state index >= 15 is 0 Å². The van der Waals surface area contributed by atoms with Gasteiger partial charge < -0.3 is 20.4 Å². The Morgan fingerprint density at radius 1 is 1.10 bits per heavy atom. The van der Waals surface area contributed by atoms with E-state index in [0.29, 0.717) is 13.0 Å². The van der Waals surface area contributed by atoms with Crippen molar-refractivity contribution in [2.24, 2.45) is 4.99 Å². The standard InChI is InChI=1S/C22H35N5O.HI/c1-2-23-22(25-14-18-26-15-6-3-7-16-26)24-13-8-11-21(28)27-17-12-19-9-4-5-10-20(19)27;/h4-5,9-10H,2-3,6-8,11-18H2,1H3,(H2,23,24,25);1H. The smallest absolute Gasteiger partial charge is 0.227 e. The number of anilines is 1. The van der Waals surface area contributed by atoms with Crippen molar-refractivity contribution >= 4 is 41.5 Å². The maximum absolute atomic E-state index is 12.6. The summed E-state index contributed by atoms with van der Waals surface area (Å²) in [5, 5.41) is 6.73. The number of carbonyl (C=O) groups is 1. The molecule has 2 aliphatic heterocycles. The van der Waals surface area contributed by atoms with Crippen molar-refractivity contribution in [1.82, 2.24) is 15.5 Å². The third-order valence-electron chi connectivity index (χ3n) is 5.52. The van der Waals surface area contributed by atoms with Crippen LogP contribution < -0.4 is 15.5 Å². The Bertz CT molecular complexity index is 660. The van der Waals surface area contributed by atoms with Crippen LogP contribution >= 0.6 is 24.0 Å². The molecule has 1 aromatic rings.